The molecule has 0 bridgehead atoms. The van der Waals surface area contributed by atoms with Crippen LogP contribution >= 0.6 is 0 Å². The Labute approximate surface area is 205 Å². The number of amides is 2. The second-order valence-electron chi connectivity index (χ2n) is 9.29. The molecule has 0 aliphatic carbocycles. The average molecular weight is 474 g/mol. The van der Waals surface area contributed by atoms with Crippen LogP contribution in [0.15, 0.2) is 67.0 Å². The van der Waals surface area contributed by atoms with E-state index in [4.69, 9.17) is 0 Å². The maximum Gasteiger partial charge on any atom is 0.407 e. The van der Waals surface area contributed by atoms with Gasteiger partial charge in [-0.1, -0.05) is 60.7 Å². The Balaban J connectivity index is 1.50. The van der Waals surface area contributed by atoms with Crippen LogP contribution in [-0.2, 0) is 6.42 Å². The van der Waals surface area contributed by atoms with Crippen molar-refractivity contribution in [2.45, 2.75) is 31.3 Å². The number of hydrogen-bond acceptors (Lipinski definition) is 4. The molecule has 8 nitrogen and oxygen atoms in total. The molecule has 5 rings (SSSR count). The highest BCUT2D eigenvalue weighted by Gasteiger charge is 2.36. The van der Waals surface area contributed by atoms with Crippen molar-refractivity contribution in [3.63, 3.8) is 0 Å². The Kier molecular flexibility index (Phi) is 6.81. The van der Waals surface area contributed by atoms with Gasteiger partial charge in [-0.2, -0.15) is 0 Å². The largest absolute Gasteiger partial charge is 0.465 e. The molecule has 0 saturated carbocycles. The van der Waals surface area contributed by atoms with Gasteiger partial charge in [0.25, 0.3) is 5.91 Å². The summed E-state index contributed by atoms with van der Waals surface area (Å²) in [5.74, 6) is -0.141. The van der Waals surface area contributed by atoms with Gasteiger partial charge < -0.3 is 24.8 Å². The fourth-order valence-electron chi connectivity index (χ4n) is 5.24. The van der Waals surface area contributed by atoms with E-state index < -0.39 is 6.09 Å². The number of piperidine rings is 1. The van der Waals surface area contributed by atoms with Crippen molar-refractivity contribution in [3.8, 4) is 11.3 Å². The molecule has 2 aliphatic rings. The van der Waals surface area contributed by atoms with Crippen LogP contribution in [0.5, 0.6) is 0 Å². The van der Waals surface area contributed by atoms with Crippen molar-refractivity contribution >= 4 is 12.0 Å². The third-order valence-electron chi connectivity index (χ3n) is 7.04. The molecule has 3 heterocycles. The van der Waals surface area contributed by atoms with Gasteiger partial charge in [0.15, 0.2) is 5.69 Å². The topological polar surface area (TPSA) is 90.7 Å². The van der Waals surface area contributed by atoms with Crippen molar-refractivity contribution in [1.29, 1.82) is 0 Å². The number of carbonyl (C=O) groups excluding carboxylic acids is 1. The van der Waals surface area contributed by atoms with Gasteiger partial charge in [-0.05, 0) is 31.4 Å². The zero-order chi connectivity index (χ0) is 24.2. The van der Waals surface area contributed by atoms with Gasteiger partial charge in [0.1, 0.15) is 0 Å². The highest BCUT2D eigenvalue weighted by Crippen LogP contribution is 2.31. The quantitative estimate of drug-likeness (QED) is 0.592. The van der Waals surface area contributed by atoms with Crippen LogP contribution in [0, 0.1) is 0 Å². The molecule has 2 aromatic carbocycles. The summed E-state index contributed by atoms with van der Waals surface area (Å²) in [6.07, 6.45) is 3.55. The van der Waals surface area contributed by atoms with Crippen LogP contribution in [0.3, 0.4) is 0 Å². The molecule has 0 radical (unpaired) electrons. The minimum Gasteiger partial charge on any atom is -0.465 e. The lowest BCUT2D eigenvalue weighted by Gasteiger charge is -2.40. The lowest BCUT2D eigenvalue weighted by Crippen LogP contribution is -2.57. The standard InChI is InChI=1S/C27H31N5O3/c33-26(31-15-14-30(27(34)35)18-23(31)16-20-8-3-1-4-9-20)24-25(21-10-5-2-6-11-21)32(19-29-24)22-12-7-13-28-17-22/h1-6,8-11,19,22-23,28H,7,12-18H2,(H,34,35)/t22?,23-/m1/s1. The first kappa shape index (κ1) is 23.1. The molecular weight excluding hydrogens is 442 g/mol. The Bertz CT molecular complexity index is 1160. The number of rotatable bonds is 5. The zero-order valence-electron chi connectivity index (χ0n) is 19.7. The summed E-state index contributed by atoms with van der Waals surface area (Å²) in [4.78, 5) is 33.6. The number of carbonyl (C=O) groups is 2. The monoisotopic (exact) mass is 473 g/mol. The average Bonchev–Trinajstić information content (AvgIpc) is 3.35. The maximum atomic E-state index is 14.0. The molecule has 3 aromatic rings. The normalized spacial score (nSPS) is 20.6. The minimum atomic E-state index is -0.950. The van der Waals surface area contributed by atoms with Crippen LogP contribution in [0.4, 0.5) is 4.79 Å². The first-order valence-electron chi connectivity index (χ1n) is 12.3. The zero-order valence-corrected chi connectivity index (χ0v) is 19.7. The number of imidazole rings is 1. The van der Waals surface area contributed by atoms with Crippen molar-refractivity contribution in [1.82, 2.24) is 24.7 Å². The Hall–Kier alpha value is -3.65. The van der Waals surface area contributed by atoms with E-state index in [-0.39, 0.29) is 24.5 Å². The summed E-state index contributed by atoms with van der Waals surface area (Å²) in [6.45, 7) is 2.77. The molecule has 8 heteroatoms. The maximum absolute atomic E-state index is 14.0. The number of carboxylic acid groups (broad SMARTS) is 1. The van der Waals surface area contributed by atoms with E-state index in [1.807, 2.05) is 65.6 Å². The van der Waals surface area contributed by atoms with Gasteiger partial charge in [-0.3, -0.25) is 4.79 Å². The highest BCUT2D eigenvalue weighted by molar-refractivity contribution is 5.98. The van der Waals surface area contributed by atoms with E-state index in [2.05, 4.69) is 14.9 Å². The third-order valence-corrected chi connectivity index (χ3v) is 7.04. The minimum absolute atomic E-state index is 0.141. The Morgan fingerprint density at radius 2 is 1.77 bits per heavy atom. The van der Waals surface area contributed by atoms with Gasteiger partial charge in [0, 0.05) is 37.8 Å². The van der Waals surface area contributed by atoms with Crippen LogP contribution in [0.1, 0.15) is 34.9 Å². The van der Waals surface area contributed by atoms with E-state index in [1.54, 1.807) is 6.33 Å². The van der Waals surface area contributed by atoms with Crippen molar-refractivity contribution in [2.24, 2.45) is 0 Å². The van der Waals surface area contributed by atoms with Crippen LogP contribution < -0.4 is 5.32 Å². The fourth-order valence-corrected chi connectivity index (χ4v) is 5.24. The van der Waals surface area contributed by atoms with Gasteiger partial charge in [-0.15, -0.1) is 0 Å². The van der Waals surface area contributed by atoms with Crippen LogP contribution in [0.25, 0.3) is 11.3 Å². The lowest BCUT2D eigenvalue weighted by atomic mass is 10.0. The molecule has 2 aliphatic heterocycles. The number of nitrogens with zero attached hydrogens (tertiary/aromatic N) is 4. The molecule has 2 saturated heterocycles. The predicted octanol–water partition coefficient (Wildman–Crippen LogP) is 3.52. The number of aromatic nitrogens is 2. The second-order valence-corrected chi connectivity index (χ2v) is 9.29. The van der Waals surface area contributed by atoms with Gasteiger partial charge in [0.05, 0.1) is 18.1 Å². The van der Waals surface area contributed by atoms with Crippen LogP contribution in [0.2, 0.25) is 0 Å². The number of benzene rings is 2. The highest BCUT2D eigenvalue weighted by atomic mass is 16.4. The number of nitrogens with one attached hydrogen (secondary N) is 1. The first-order valence-corrected chi connectivity index (χ1v) is 12.3. The fraction of sp³-hybridized carbons (Fsp3) is 0.370. The number of hydrogen-bond donors (Lipinski definition) is 2. The van der Waals surface area contributed by atoms with Gasteiger partial charge in [-0.25, -0.2) is 9.78 Å². The van der Waals surface area contributed by atoms with Crippen molar-refractivity contribution < 1.29 is 14.7 Å². The Morgan fingerprint density at radius 3 is 2.46 bits per heavy atom. The lowest BCUT2D eigenvalue weighted by molar-refractivity contribution is 0.0447. The molecule has 35 heavy (non-hydrogen) atoms. The summed E-state index contributed by atoms with van der Waals surface area (Å²) < 4.78 is 2.15. The molecule has 0 spiro atoms. The molecule has 2 fully saturated rings. The molecule has 2 N–H and O–H groups in total. The molecule has 2 amide bonds. The Morgan fingerprint density at radius 1 is 1.03 bits per heavy atom. The summed E-state index contributed by atoms with van der Waals surface area (Å²) in [5, 5.41) is 13.1. The van der Waals surface area contributed by atoms with E-state index >= 15 is 0 Å². The number of piperazine rings is 1. The molecule has 1 unspecified atom stereocenters. The molecule has 1 aromatic heterocycles. The van der Waals surface area contributed by atoms with E-state index in [0.717, 1.165) is 42.8 Å². The van der Waals surface area contributed by atoms with Gasteiger partial charge >= 0.3 is 6.09 Å². The molecule has 2 atom stereocenters. The van der Waals surface area contributed by atoms with Crippen molar-refractivity contribution in [3.05, 3.63) is 78.2 Å². The van der Waals surface area contributed by atoms with E-state index in [0.29, 0.717) is 25.2 Å². The SMILES string of the molecule is O=C(O)N1CCN(C(=O)c2ncn(C3CCCNC3)c2-c2ccccc2)[C@H](Cc2ccccc2)C1. The summed E-state index contributed by atoms with van der Waals surface area (Å²) in [5.41, 5.74) is 3.30. The molecule has 182 valence electrons. The van der Waals surface area contributed by atoms with E-state index in [1.165, 1.54) is 4.90 Å². The first-order chi connectivity index (χ1) is 17.1. The summed E-state index contributed by atoms with van der Waals surface area (Å²) in [7, 11) is 0. The predicted molar refractivity (Wildman–Crippen MR) is 133 cm³/mol. The summed E-state index contributed by atoms with van der Waals surface area (Å²) >= 11 is 0. The summed E-state index contributed by atoms with van der Waals surface area (Å²) in [6, 6.07) is 19.8. The van der Waals surface area contributed by atoms with Crippen LogP contribution in [-0.4, -0.2) is 75.2 Å². The van der Waals surface area contributed by atoms with E-state index in [9.17, 15) is 14.7 Å². The van der Waals surface area contributed by atoms with Crippen molar-refractivity contribution in [2.75, 3.05) is 32.7 Å². The molecular formula is C27H31N5O3. The third kappa shape index (κ3) is 4.93. The van der Waals surface area contributed by atoms with Gasteiger partial charge in [0.2, 0.25) is 0 Å². The second kappa shape index (κ2) is 10.3. The smallest absolute Gasteiger partial charge is 0.407 e.